The van der Waals surface area contributed by atoms with E-state index >= 15 is 0 Å². The second-order valence-electron chi connectivity index (χ2n) is 3.72. The average Bonchev–Trinajstić information content (AvgIpc) is 2.76. The Morgan fingerprint density at radius 1 is 1.50 bits per heavy atom. The van der Waals surface area contributed by atoms with Gasteiger partial charge in [0.1, 0.15) is 11.4 Å². The number of hydrogen-bond acceptors (Lipinski definition) is 6. The molecule has 0 saturated carbocycles. The number of carbonyl (C=O) groups excluding carboxylic acids is 2. The first-order valence-electron chi connectivity index (χ1n) is 4.91. The Morgan fingerprint density at radius 2 is 2.25 bits per heavy atom. The highest BCUT2D eigenvalue weighted by atomic mass is 16.6. The minimum absolute atomic E-state index is 0.169. The van der Waals surface area contributed by atoms with Gasteiger partial charge in [-0.1, -0.05) is 10.3 Å². The second-order valence-corrected chi connectivity index (χ2v) is 3.72. The molecule has 0 radical (unpaired) electrons. The molecule has 2 heterocycles. The maximum Gasteiger partial charge on any atom is 0.246 e. The highest BCUT2D eigenvalue weighted by molar-refractivity contribution is 6.05. The molecule has 1 N–H and O–H groups in total. The number of likely N-dealkylation sites (N-methyl/N-ethyl adjacent to an activating group) is 1. The van der Waals surface area contributed by atoms with Crippen molar-refractivity contribution in [1.82, 2.24) is 20.5 Å². The van der Waals surface area contributed by atoms with Crippen molar-refractivity contribution in [2.45, 2.75) is 25.9 Å². The minimum atomic E-state index is -0.464. The molecule has 0 bridgehead atoms. The standard InChI is InChI=1S/C9H12N4O3/c1-5-7(12-16-11-5)4-10-6-3-8(14)13(2)9(6)15/h6,10H,3-4H2,1-2H3. The van der Waals surface area contributed by atoms with E-state index in [-0.39, 0.29) is 18.2 Å². The van der Waals surface area contributed by atoms with Crippen LogP contribution in [-0.4, -0.2) is 40.1 Å². The van der Waals surface area contributed by atoms with Crippen LogP contribution in [0.2, 0.25) is 0 Å². The molecule has 1 aliphatic rings. The summed E-state index contributed by atoms with van der Waals surface area (Å²) in [4.78, 5) is 23.9. The van der Waals surface area contributed by atoms with Crippen LogP contribution in [0.25, 0.3) is 0 Å². The maximum atomic E-state index is 11.5. The van der Waals surface area contributed by atoms with Gasteiger partial charge in [-0.2, -0.15) is 0 Å². The van der Waals surface area contributed by atoms with Crippen LogP contribution in [0.15, 0.2) is 4.63 Å². The van der Waals surface area contributed by atoms with Crippen LogP contribution in [0.5, 0.6) is 0 Å². The topological polar surface area (TPSA) is 88.3 Å². The number of aryl methyl sites for hydroxylation is 1. The molecule has 0 aliphatic carbocycles. The molecule has 1 aromatic heterocycles. The summed E-state index contributed by atoms with van der Waals surface area (Å²) < 4.78 is 4.53. The minimum Gasteiger partial charge on any atom is -0.300 e. The Balaban J connectivity index is 1.95. The Morgan fingerprint density at radius 3 is 2.75 bits per heavy atom. The highest BCUT2D eigenvalue weighted by Crippen LogP contribution is 2.11. The number of imide groups is 1. The first-order chi connectivity index (χ1) is 7.59. The van der Waals surface area contributed by atoms with E-state index in [1.165, 1.54) is 7.05 Å². The zero-order chi connectivity index (χ0) is 11.7. The van der Waals surface area contributed by atoms with Crippen molar-refractivity contribution in [2.24, 2.45) is 0 Å². The predicted molar refractivity (Wildman–Crippen MR) is 52.1 cm³/mol. The average molecular weight is 224 g/mol. The summed E-state index contributed by atoms with van der Waals surface area (Å²) in [5, 5.41) is 10.3. The van der Waals surface area contributed by atoms with Crippen LogP contribution >= 0.6 is 0 Å². The number of hydrogen-bond donors (Lipinski definition) is 1. The van der Waals surface area contributed by atoms with E-state index in [2.05, 4.69) is 20.3 Å². The van der Waals surface area contributed by atoms with E-state index in [9.17, 15) is 9.59 Å². The molecular formula is C9H12N4O3. The van der Waals surface area contributed by atoms with E-state index in [1.807, 2.05) is 0 Å². The van der Waals surface area contributed by atoms with Crippen LogP contribution in [0.1, 0.15) is 17.8 Å². The molecule has 2 amide bonds. The van der Waals surface area contributed by atoms with Gasteiger partial charge in [-0.05, 0) is 6.92 Å². The molecule has 0 aromatic carbocycles. The molecule has 0 spiro atoms. The predicted octanol–water partition coefficient (Wildman–Crippen LogP) is -0.775. The smallest absolute Gasteiger partial charge is 0.246 e. The van der Waals surface area contributed by atoms with E-state index in [0.29, 0.717) is 17.9 Å². The highest BCUT2D eigenvalue weighted by Gasteiger charge is 2.35. The summed E-state index contributed by atoms with van der Waals surface area (Å²) in [6.07, 6.45) is 0.194. The number of nitrogens with zero attached hydrogens (tertiary/aromatic N) is 3. The number of rotatable bonds is 3. The maximum absolute atomic E-state index is 11.5. The fourth-order valence-electron chi connectivity index (χ4n) is 1.54. The van der Waals surface area contributed by atoms with Gasteiger partial charge in [0.2, 0.25) is 11.8 Å². The Labute approximate surface area is 91.7 Å². The molecule has 1 aliphatic heterocycles. The lowest BCUT2D eigenvalue weighted by molar-refractivity contribution is -0.137. The first kappa shape index (κ1) is 10.7. The monoisotopic (exact) mass is 224 g/mol. The van der Waals surface area contributed by atoms with Crippen molar-refractivity contribution < 1.29 is 14.2 Å². The van der Waals surface area contributed by atoms with E-state index in [4.69, 9.17) is 0 Å². The number of amides is 2. The van der Waals surface area contributed by atoms with Crippen molar-refractivity contribution in [2.75, 3.05) is 7.05 Å². The fraction of sp³-hybridized carbons (Fsp3) is 0.556. The van der Waals surface area contributed by atoms with Crippen LogP contribution in [0, 0.1) is 6.92 Å². The number of nitrogens with one attached hydrogen (secondary N) is 1. The van der Waals surface area contributed by atoms with E-state index in [0.717, 1.165) is 4.90 Å². The largest absolute Gasteiger partial charge is 0.300 e. The van der Waals surface area contributed by atoms with E-state index < -0.39 is 6.04 Å². The molecule has 1 unspecified atom stereocenters. The SMILES string of the molecule is Cc1nonc1CNC1CC(=O)N(C)C1=O. The Bertz CT molecular complexity index is 428. The van der Waals surface area contributed by atoms with Gasteiger partial charge in [-0.25, -0.2) is 4.63 Å². The number of likely N-dealkylation sites (tertiary alicyclic amines) is 1. The van der Waals surface area contributed by atoms with Crippen LogP contribution in [0.4, 0.5) is 0 Å². The van der Waals surface area contributed by atoms with Gasteiger partial charge in [0, 0.05) is 13.6 Å². The summed E-state index contributed by atoms with van der Waals surface area (Å²) in [5.41, 5.74) is 1.33. The molecular weight excluding hydrogens is 212 g/mol. The van der Waals surface area contributed by atoms with Crippen molar-refractivity contribution in [3.05, 3.63) is 11.4 Å². The van der Waals surface area contributed by atoms with Gasteiger partial charge in [0.15, 0.2) is 0 Å². The van der Waals surface area contributed by atoms with Crippen LogP contribution in [0.3, 0.4) is 0 Å². The number of aromatic nitrogens is 2. The van der Waals surface area contributed by atoms with Crippen molar-refractivity contribution in [3.8, 4) is 0 Å². The lowest BCUT2D eigenvalue weighted by atomic mass is 10.2. The van der Waals surface area contributed by atoms with Gasteiger partial charge in [0.25, 0.3) is 0 Å². The third-order valence-corrected chi connectivity index (χ3v) is 2.64. The van der Waals surface area contributed by atoms with Crippen molar-refractivity contribution in [1.29, 1.82) is 0 Å². The molecule has 7 heteroatoms. The Kier molecular flexibility index (Phi) is 2.69. The lowest BCUT2D eigenvalue weighted by Crippen LogP contribution is -2.36. The molecule has 2 rings (SSSR count). The van der Waals surface area contributed by atoms with Crippen LogP contribution in [-0.2, 0) is 16.1 Å². The van der Waals surface area contributed by atoms with Gasteiger partial charge < -0.3 is 0 Å². The molecule has 16 heavy (non-hydrogen) atoms. The molecule has 1 atom stereocenters. The van der Waals surface area contributed by atoms with Crippen molar-refractivity contribution >= 4 is 11.8 Å². The molecule has 86 valence electrons. The third kappa shape index (κ3) is 1.81. The normalized spacial score (nSPS) is 20.9. The molecule has 1 saturated heterocycles. The summed E-state index contributed by atoms with van der Waals surface area (Å²) in [6.45, 7) is 2.13. The third-order valence-electron chi connectivity index (χ3n) is 2.64. The quantitative estimate of drug-likeness (QED) is 0.678. The van der Waals surface area contributed by atoms with Crippen LogP contribution < -0.4 is 5.32 Å². The summed E-state index contributed by atoms with van der Waals surface area (Å²) in [7, 11) is 1.48. The Hall–Kier alpha value is -1.76. The van der Waals surface area contributed by atoms with Crippen molar-refractivity contribution in [3.63, 3.8) is 0 Å². The summed E-state index contributed by atoms with van der Waals surface area (Å²) in [5.74, 6) is -0.378. The van der Waals surface area contributed by atoms with E-state index in [1.54, 1.807) is 6.92 Å². The number of carbonyl (C=O) groups is 2. The molecule has 1 aromatic rings. The van der Waals surface area contributed by atoms with Gasteiger partial charge in [-0.15, -0.1) is 0 Å². The van der Waals surface area contributed by atoms with Gasteiger partial charge >= 0.3 is 0 Å². The zero-order valence-corrected chi connectivity index (χ0v) is 9.06. The lowest BCUT2D eigenvalue weighted by Gasteiger charge is -2.09. The zero-order valence-electron chi connectivity index (χ0n) is 9.06. The first-order valence-corrected chi connectivity index (χ1v) is 4.91. The summed E-state index contributed by atoms with van der Waals surface area (Å²) >= 11 is 0. The second kappa shape index (κ2) is 4.01. The van der Waals surface area contributed by atoms with Gasteiger partial charge in [0.05, 0.1) is 12.5 Å². The van der Waals surface area contributed by atoms with Gasteiger partial charge in [-0.3, -0.25) is 19.8 Å². The summed E-state index contributed by atoms with van der Waals surface area (Å²) in [6, 6.07) is -0.464. The fourth-order valence-corrected chi connectivity index (χ4v) is 1.54. The molecule has 1 fully saturated rings. The molecule has 7 nitrogen and oxygen atoms in total.